The summed E-state index contributed by atoms with van der Waals surface area (Å²) in [6.07, 6.45) is 2.74. The first-order valence-electron chi connectivity index (χ1n) is 13.5. The lowest BCUT2D eigenvalue weighted by Gasteiger charge is -2.33. The number of unbranched alkanes of at least 4 members (excludes halogenated alkanes) is 3. The molecule has 3 aromatic rings. The molecule has 0 spiro atoms. The summed E-state index contributed by atoms with van der Waals surface area (Å²) >= 11 is 0. The number of ether oxygens (including phenoxy) is 3. The highest BCUT2D eigenvalue weighted by Gasteiger charge is 2.35. The lowest BCUT2D eigenvalue weighted by Crippen LogP contribution is -2.47. The first-order chi connectivity index (χ1) is 18.7. The standard InChI is InChI=1S/C34H40O4/c1-3-5-6-7-17-24-31(35)33(37-26-29-20-13-9-14-21-29)34(38-27-30-22-15-10-16-23-30)32(4-2)36-25-28-18-11-8-12-19-28/h4,8-16,18-23,31-35H,2-3,5-7,25-27H2,1H3/t31-,32+,33+,34+/m1/s1. The fraction of sp³-hybridized carbons (Fsp3) is 0.353. The second kappa shape index (κ2) is 17.3. The van der Waals surface area contributed by atoms with Gasteiger partial charge in [0.05, 0.1) is 19.8 Å². The molecule has 0 heterocycles. The summed E-state index contributed by atoms with van der Waals surface area (Å²) in [4.78, 5) is 0. The van der Waals surface area contributed by atoms with E-state index in [-0.39, 0.29) is 0 Å². The Balaban J connectivity index is 1.84. The first-order valence-corrected chi connectivity index (χ1v) is 13.5. The Morgan fingerprint density at radius 1 is 0.711 bits per heavy atom. The van der Waals surface area contributed by atoms with Crippen LogP contribution >= 0.6 is 0 Å². The van der Waals surface area contributed by atoms with Crippen molar-refractivity contribution in [1.29, 1.82) is 0 Å². The van der Waals surface area contributed by atoms with Crippen LogP contribution in [0.25, 0.3) is 0 Å². The van der Waals surface area contributed by atoms with Crippen LogP contribution in [0.3, 0.4) is 0 Å². The van der Waals surface area contributed by atoms with Gasteiger partial charge in [0.1, 0.15) is 24.4 Å². The summed E-state index contributed by atoms with van der Waals surface area (Å²) in [5.74, 6) is 6.16. The summed E-state index contributed by atoms with van der Waals surface area (Å²) < 4.78 is 19.1. The molecule has 0 saturated heterocycles. The van der Waals surface area contributed by atoms with Crippen LogP contribution in [-0.2, 0) is 34.0 Å². The van der Waals surface area contributed by atoms with Gasteiger partial charge in [0.2, 0.25) is 0 Å². The van der Waals surface area contributed by atoms with Crippen LogP contribution < -0.4 is 0 Å². The van der Waals surface area contributed by atoms with E-state index in [1.165, 1.54) is 0 Å². The van der Waals surface area contributed by atoms with Crippen molar-refractivity contribution in [2.24, 2.45) is 0 Å². The smallest absolute Gasteiger partial charge is 0.143 e. The second-order valence-corrected chi connectivity index (χ2v) is 9.24. The Labute approximate surface area is 228 Å². The highest BCUT2D eigenvalue weighted by molar-refractivity contribution is 5.17. The van der Waals surface area contributed by atoms with Crippen LogP contribution in [0, 0.1) is 11.8 Å². The van der Waals surface area contributed by atoms with Crippen molar-refractivity contribution in [2.75, 3.05) is 0 Å². The molecule has 0 radical (unpaired) electrons. The Kier molecular flexibility index (Phi) is 13.4. The quantitative estimate of drug-likeness (QED) is 0.129. The van der Waals surface area contributed by atoms with Gasteiger partial charge in [-0.05, 0) is 23.1 Å². The van der Waals surface area contributed by atoms with Crippen LogP contribution in [0.15, 0.2) is 104 Å². The molecule has 0 fully saturated rings. The third-order valence-corrected chi connectivity index (χ3v) is 6.20. The van der Waals surface area contributed by atoms with Gasteiger partial charge in [0, 0.05) is 6.42 Å². The number of rotatable bonds is 16. The molecular formula is C34H40O4. The van der Waals surface area contributed by atoms with E-state index in [0.29, 0.717) is 19.8 Å². The van der Waals surface area contributed by atoms with E-state index in [4.69, 9.17) is 14.2 Å². The van der Waals surface area contributed by atoms with Crippen molar-refractivity contribution in [3.63, 3.8) is 0 Å². The van der Waals surface area contributed by atoms with Crippen LogP contribution in [0.5, 0.6) is 0 Å². The molecule has 0 saturated carbocycles. The zero-order chi connectivity index (χ0) is 26.8. The lowest BCUT2D eigenvalue weighted by molar-refractivity contribution is -0.160. The Morgan fingerprint density at radius 3 is 1.66 bits per heavy atom. The molecule has 3 aromatic carbocycles. The number of benzene rings is 3. The summed E-state index contributed by atoms with van der Waals surface area (Å²) in [6, 6.07) is 29.8. The Hall–Kier alpha value is -3.20. The molecule has 0 aliphatic rings. The summed E-state index contributed by atoms with van der Waals surface area (Å²) in [7, 11) is 0. The zero-order valence-electron chi connectivity index (χ0n) is 22.4. The van der Waals surface area contributed by atoms with Crippen LogP contribution in [0.4, 0.5) is 0 Å². The highest BCUT2D eigenvalue weighted by Crippen LogP contribution is 2.21. The van der Waals surface area contributed by atoms with E-state index in [1.54, 1.807) is 6.08 Å². The van der Waals surface area contributed by atoms with Gasteiger partial charge in [-0.3, -0.25) is 0 Å². The van der Waals surface area contributed by atoms with Crippen molar-refractivity contribution in [3.8, 4) is 11.8 Å². The molecule has 4 heteroatoms. The van der Waals surface area contributed by atoms with Gasteiger partial charge in [0.15, 0.2) is 0 Å². The summed E-state index contributed by atoms with van der Waals surface area (Å²) in [5, 5.41) is 11.3. The molecule has 0 amide bonds. The summed E-state index contributed by atoms with van der Waals surface area (Å²) in [5.41, 5.74) is 3.06. The highest BCUT2D eigenvalue weighted by atomic mass is 16.6. The molecular weight excluding hydrogens is 472 g/mol. The molecule has 0 bridgehead atoms. The van der Waals surface area contributed by atoms with E-state index in [9.17, 15) is 5.11 Å². The van der Waals surface area contributed by atoms with Crippen molar-refractivity contribution >= 4 is 0 Å². The van der Waals surface area contributed by atoms with Gasteiger partial charge < -0.3 is 19.3 Å². The molecule has 200 valence electrons. The van der Waals surface area contributed by atoms with Crippen molar-refractivity contribution in [2.45, 2.75) is 76.8 Å². The van der Waals surface area contributed by atoms with E-state index >= 15 is 0 Å². The van der Waals surface area contributed by atoms with Crippen LogP contribution in [-0.4, -0.2) is 29.5 Å². The summed E-state index contributed by atoms with van der Waals surface area (Å²) in [6.45, 7) is 7.22. The predicted molar refractivity (Wildman–Crippen MR) is 153 cm³/mol. The van der Waals surface area contributed by atoms with E-state index < -0.39 is 24.4 Å². The normalized spacial score (nSPS) is 14.1. The van der Waals surface area contributed by atoms with Gasteiger partial charge in [-0.2, -0.15) is 0 Å². The minimum Gasteiger partial charge on any atom is -0.378 e. The number of hydrogen-bond acceptors (Lipinski definition) is 4. The Morgan fingerprint density at radius 2 is 1.18 bits per heavy atom. The van der Waals surface area contributed by atoms with Crippen molar-refractivity contribution in [1.82, 2.24) is 0 Å². The number of aliphatic hydroxyl groups excluding tert-OH is 1. The van der Waals surface area contributed by atoms with E-state index in [0.717, 1.165) is 42.4 Å². The predicted octanol–water partition coefficient (Wildman–Crippen LogP) is 6.87. The topological polar surface area (TPSA) is 47.9 Å². The molecule has 4 nitrogen and oxygen atoms in total. The minimum absolute atomic E-state index is 0.313. The van der Waals surface area contributed by atoms with Crippen molar-refractivity contribution < 1.29 is 19.3 Å². The SMILES string of the molecule is C=C[C@H](OCc1ccccc1)[C@H](OCc1ccccc1)[C@@H](OCc1ccccc1)[C@H](O)C#CCCCCC. The monoisotopic (exact) mass is 512 g/mol. The lowest BCUT2D eigenvalue weighted by atomic mass is 10.0. The first kappa shape index (κ1) is 29.4. The molecule has 1 N–H and O–H groups in total. The van der Waals surface area contributed by atoms with Gasteiger partial charge in [-0.25, -0.2) is 0 Å². The third kappa shape index (κ3) is 10.3. The van der Waals surface area contributed by atoms with Crippen molar-refractivity contribution in [3.05, 3.63) is 120 Å². The average molecular weight is 513 g/mol. The molecule has 38 heavy (non-hydrogen) atoms. The molecule has 0 unspecified atom stereocenters. The van der Waals surface area contributed by atoms with Gasteiger partial charge in [0.25, 0.3) is 0 Å². The Bertz CT molecular complexity index is 1090. The third-order valence-electron chi connectivity index (χ3n) is 6.20. The maximum atomic E-state index is 11.3. The van der Waals surface area contributed by atoms with Gasteiger partial charge in [-0.15, -0.1) is 12.5 Å². The maximum Gasteiger partial charge on any atom is 0.143 e. The molecule has 3 rings (SSSR count). The van der Waals surface area contributed by atoms with E-state index in [1.807, 2.05) is 91.0 Å². The zero-order valence-corrected chi connectivity index (χ0v) is 22.4. The molecule has 0 aliphatic carbocycles. The molecule has 0 aliphatic heterocycles. The molecule has 4 atom stereocenters. The molecule has 0 aromatic heterocycles. The number of aliphatic hydroxyl groups is 1. The fourth-order valence-electron chi connectivity index (χ4n) is 4.06. The van der Waals surface area contributed by atoms with Crippen LogP contribution in [0.1, 0.15) is 49.3 Å². The van der Waals surface area contributed by atoms with E-state index in [2.05, 4.69) is 25.3 Å². The van der Waals surface area contributed by atoms with Gasteiger partial charge in [-0.1, -0.05) is 123 Å². The largest absolute Gasteiger partial charge is 0.378 e. The van der Waals surface area contributed by atoms with Crippen LogP contribution in [0.2, 0.25) is 0 Å². The maximum absolute atomic E-state index is 11.3. The second-order valence-electron chi connectivity index (χ2n) is 9.24. The minimum atomic E-state index is -1.05. The number of hydrogen-bond donors (Lipinski definition) is 1. The van der Waals surface area contributed by atoms with Gasteiger partial charge >= 0.3 is 0 Å². The fourth-order valence-corrected chi connectivity index (χ4v) is 4.06. The average Bonchev–Trinajstić information content (AvgIpc) is 2.97.